The van der Waals surface area contributed by atoms with Crippen LogP contribution < -0.4 is 9.47 Å². The van der Waals surface area contributed by atoms with Crippen molar-refractivity contribution in [2.75, 3.05) is 18.0 Å². The van der Waals surface area contributed by atoms with Crippen LogP contribution in [0, 0.1) is 0 Å². The smallest absolute Gasteiger partial charge is 0.175 e. The zero-order chi connectivity index (χ0) is 26.2. The molecule has 5 rings (SSSR count). The van der Waals surface area contributed by atoms with Gasteiger partial charge in [0.05, 0.1) is 0 Å². The standard InChI is InChI=1S/C36H39N2/c1-3-5-23-38(24-6-4-2)33-19-17-29(18-20-33)15-16-30-21-25-37(26-22-30)28-36-34-13-9-7-11-31(34)27-32-12-8-10-14-35(32)36/h7-22,25-27H,3-6,23-24,28H2,1-2H3/q+1. The first-order valence-electron chi connectivity index (χ1n) is 14.2. The van der Waals surface area contributed by atoms with Crippen LogP contribution in [0.1, 0.15) is 56.2 Å². The van der Waals surface area contributed by atoms with Gasteiger partial charge in [-0.05, 0) is 63.7 Å². The van der Waals surface area contributed by atoms with Gasteiger partial charge in [-0.1, -0.05) is 99.5 Å². The van der Waals surface area contributed by atoms with Crippen LogP contribution in [0.15, 0.2) is 103 Å². The van der Waals surface area contributed by atoms with Crippen LogP contribution >= 0.6 is 0 Å². The fourth-order valence-corrected chi connectivity index (χ4v) is 5.20. The molecule has 2 nitrogen and oxygen atoms in total. The molecule has 4 aromatic carbocycles. The van der Waals surface area contributed by atoms with E-state index in [9.17, 15) is 0 Å². The van der Waals surface area contributed by atoms with Crippen molar-refractivity contribution in [2.45, 2.75) is 46.1 Å². The van der Waals surface area contributed by atoms with Crippen LogP contribution in [0.3, 0.4) is 0 Å². The minimum atomic E-state index is 0.847. The second kappa shape index (κ2) is 12.6. The van der Waals surface area contributed by atoms with Crippen molar-refractivity contribution in [1.29, 1.82) is 0 Å². The summed E-state index contributed by atoms with van der Waals surface area (Å²) in [5.74, 6) is 0. The summed E-state index contributed by atoms with van der Waals surface area (Å²) in [7, 11) is 0. The van der Waals surface area contributed by atoms with E-state index >= 15 is 0 Å². The second-order valence-corrected chi connectivity index (χ2v) is 10.2. The first kappa shape index (κ1) is 25.7. The van der Waals surface area contributed by atoms with Crippen molar-refractivity contribution >= 4 is 39.4 Å². The van der Waals surface area contributed by atoms with Crippen molar-refractivity contribution in [3.05, 3.63) is 120 Å². The van der Waals surface area contributed by atoms with Crippen LogP contribution in [-0.2, 0) is 6.54 Å². The summed E-state index contributed by atoms with van der Waals surface area (Å²) in [6, 6.07) is 33.2. The quantitative estimate of drug-likeness (QED) is 0.130. The van der Waals surface area contributed by atoms with Crippen LogP contribution in [-0.4, -0.2) is 13.1 Å². The Morgan fingerprint density at radius 1 is 0.632 bits per heavy atom. The van der Waals surface area contributed by atoms with Gasteiger partial charge in [0.1, 0.15) is 0 Å². The highest BCUT2D eigenvalue weighted by Crippen LogP contribution is 2.28. The Hall–Kier alpha value is -3.91. The van der Waals surface area contributed by atoms with E-state index in [0.717, 1.165) is 19.6 Å². The molecule has 5 aromatic rings. The molecule has 0 radical (unpaired) electrons. The number of aromatic nitrogens is 1. The number of benzene rings is 4. The predicted octanol–water partition coefficient (Wildman–Crippen LogP) is 8.91. The van der Waals surface area contributed by atoms with E-state index in [-0.39, 0.29) is 0 Å². The lowest BCUT2D eigenvalue weighted by Crippen LogP contribution is -2.33. The summed E-state index contributed by atoms with van der Waals surface area (Å²) in [4.78, 5) is 2.54. The summed E-state index contributed by atoms with van der Waals surface area (Å²) in [6.45, 7) is 7.67. The summed E-state index contributed by atoms with van der Waals surface area (Å²) < 4.78 is 2.28. The zero-order valence-electron chi connectivity index (χ0n) is 22.8. The maximum absolute atomic E-state index is 2.54. The third-order valence-corrected chi connectivity index (χ3v) is 7.43. The third-order valence-electron chi connectivity index (χ3n) is 7.43. The average molecular weight is 500 g/mol. The van der Waals surface area contributed by atoms with Crippen molar-refractivity contribution in [3.8, 4) is 0 Å². The number of pyridine rings is 1. The van der Waals surface area contributed by atoms with Gasteiger partial charge in [-0.25, -0.2) is 4.57 Å². The van der Waals surface area contributed by atoms with E-state index in [1.165, 1.54) is 69.6 Å². The lowest BCUT2D eigenvalue weighted by atomic mass is 9.96. The van der Waals surface area contributed by atoms with Gasteiger partial charge in [0, 0.05) is 36.5 Å². The molecule has 2 heteroatoms. The monoisotopic (exact) mass is 499 g/mol. The molecule has 0 saturated heterocycles. The van der Waals surface area contributed by atoms with Gasteiger partial charge in [0.15, 0.2) is 18.9 Å². The van der Waals surface area contributed by atoms with E-state index in [1.54, 1.807) is 0 Å². The van der Waals surface area contributed by atoms with Crippen molar-refractivity contribution in [1.82, 2.24) is 0 Å². The minimum absolute atomic E-state index is 0.847. The van der Waals surface area contributed by atoms with Crippen LogP contribution in [0.2, 0.25) is 0 Å². The Bertz CT molecular complexity index is 1440. The van der Waals surface area contributed by atoms with E-state index in [0.29, 0.717) is 0 Å². The Balaban J connectivity index is 1.30. The van der Waals surface area contributed by atoms with Gasteiger partial charge in [-0.15, -0.1) is 0 Å². The molecule has 38 heavy (non-hydrogen) atoms. The fraction of sp³-hybridized carbons (Fsp3) is 0.250. The fourth-order valence-electron chi connectivity index (χ4n) is 5.20. The summed E-state index contributed by atoms with van der Waals surface area (Å²) in [6.07, 6.45) is 13.8. The molecule has 1 aromatic heterocycles. The van der Waals surface area contributed by atoms with Gasteiger partial charge >= 0.3 is 0 Å². The maximum atomic E-state index is 2.54. The number of fused-ring (bicyclic) bond motifs is 2. The molecule has 0 aliphatic rings. The number of unbranched alkanes of at least 4 members (excludes halogenated alkanes) is 2. The van der Waals surface area contributed by atoms with Gasteiger partial charge in [0.25, 0.3) is 0 Å². The molecule has 0 spiro atoms. The summed E-state index contributed by atoms with van der Waals surface area (Å²) >= 11 is 0. The van der Waals surface area contributed by atoms with Gasteiger partial charge in [-0.3, -0.25) is 0 Å². The van der Waals surface area contributed by atoms with Crippen molar-refractivity contribution in [2.24, 2.45) is 0 Å². The number of hydrogen-bond acceptors (Lipinski definition) is 1. The number of rotatable bonds is 11. The molecule has 1 heterocycles. The van der Waals surface area contributed by atoms with Crippen LogP contribution in [0.25, 0.3) is 33.7 Å². The molecule has 0 amide bonds. The third kappa shape index (κ3) is 6.14. The molecule has 0 bridgehead atoms. The highest BCUT2D eigenvalue weighted by Gasteiger charge is 2.12. The Morgan fingerprint density at radius 3 is 1.71 bits per heavy atom. The van der Waals surface area contributed by atoms with Gasteiger partial charge < -0.3 is 4.90 Å². The minimum Gasteiger partial charge on any atom is -0.372 e. The molecule has 0 fully saturated rings. The molecule has 0 unspecified atom stereocenters. The molecule has 192 valence electrons. The van der Waals surface area contributed by atoms with Crippen LogP contribution in [0.4, 0.5) is 5.69 Å². The average Bonchev–Trinajstić information content (AvgIpc) is 2.97. The molecule has 0 atom stereocenters. The molecular formula is C36H39N2+. The van der Waals surface area contributed by atoms with E-state index in [1.807, 2.05) is 0 Å². The Labute approximate surface area is 227 Å². The predicted molar refractivity (Wildman–Crippen MR) is 165 cm³/mol. The number of hydrogen-bond donors (Lipinski definition) is 0. The van der Waals surface area contributed by atoms with Crippen LogP contribution in [0.5, 0.6) is 0 Å². The van der Waals surface area contributed by atoms with Gasteiger partial charge in [-0.2, -0.15) is 0 Å². The van der Waals surface area contributed by atoms with Crippen molar-refractivity contribution in [3.63, 3.8) is 0 Å². The normalized spacial score (nSPS) is 11.5. The Kier molecular flexibility index (Phi) is 8.50. The first-order chi connectivity index (χ1) is 18.7. The topological polar surface area (TPSA) is 7.12 Å². The first-order valence-corrected chi connectivity index (χ1v) is 14.2. The molecule has 0 saturated carbocycles. The largest absolute Gasteiger partial charge is 0.372 e. The summed E-state index contributed by atoms with van der Waals surface area (Å²) in [5.41, 5.74) is 5.16. The molecule has 0 N–H and O–H groups in total. The lowest BCUT2D eigenvalue weighted by molar-refractivity contribution is -0.688. The van der Waals surface area contributed by atoms with E-state index in [2.05, 4.69) is 139 Å². The SMILES string of the molecule is CCCCN(CCCC)c1ccc(/C=C/c2cc[n+](Cc3c4ccccc4cc4ccccc34)cc2)cc1. The highest BCUT2D eigenvalue weighted by molar-refractivity contribution is 6.02. The molecular weight excluding hydrogens is 460 g/mol. The molecule has 0 aliphatic heterocycles. The van der Waals surface area contributed by atoms with E-state index < -0.39 is 0 Å². The zero-order valence-corrected chi connectivity index (χ0v) is 22.8. The Morgan fingerprint density at radius 2 is 1.16 bits per heavy atom. The maximum Gasteiger partial charge on any atom is 0.175 e. The van der Waals surface area contributed by atoms with E-state index in [4.69, 9.17) is 0 Å². The van der Waals surface area contributed by atoms with Gasteiger partial charge in [0.2, 0.25) is 0 Å². The summed E-state index contributed by atoms with van der Waals surface area (Å²) in [5, 5.41) is 5.25. The number of nitrogens with zero attached hydrogens (tertiary/aromatic N) is 2. The lowest BCUT2D eigenvalue weighted by Gasteiger charge is -2.24. The highest BCUT2D eigenvalue weighted by atomic mass is 15.1. The number of anilines is 1. The molecule has 0 aliphatic carbocycles. The van der Waals surface area contributed by atoms with Crippen molar-refractivity contribution < 1.29 is 4.57 Å². The second-order valence-electron chi connectivity index (χ2n) is 10.2.